The number of carbonyl (C=O) groups is 1. The molecule has 8 heteroatoms. The normalized spacial score (nSPS) is 14.5. The first-order valence-corrected chi connectivity index (χ1v) is 10.5. The SMILES string of the molecule is CC1Cc2cc(COc3ccc(NC(=O)c4ccccc4Br)c([N+](=O)[O-])c3)ccc2O1. The van der Waals surface area contributed by atoms with Gasteiger partial charge in [-0.3, -0.25) is 14.9 Å². The summed E-state index contributed by atoms with van der Waals surface area (Å²) in [5.74, 6) is 0.784. The summed E-state index contributed by atoms with van der Waals surface area (Å²) in [7, 11) is 0. The highest BCUT2D eigenvalue weighted by Gasteiger charge is 2.20. The van der Waals surface area contributed by atoms with Crippen LogP contribution in [0, 0.1) is 10.1 Å². The molecule has 1 heterocycles. The number of nitro groups is 1. The van der Waals surface area contributed by atoms with Crippen LogP contribution in [0.3, 0.4) is 0 Å². The highest BCUT2D eigenvalue weighted by Crippen LogP contribution is 2.32. The predicted octanol–water partition coefficient (Wildman–Crippen LogP) is 5.51. The molecular formula is C23H19BrN2O5. The van der Waals surface area contributed by atoms with Crippen LogP contribution in [0.25, 0.3) is 0 Å². The number of anilines is 1. The van der Waals surface area contributed by atoms with E-state index in [0.717, 1.165) is 23.3 Å². The Bertz CT molecular complexity index is 1160. The number of nitrogens with one attached hydrogen (secondary N) is 1. The van der Waals surface area contributed by atoms with Crippen molar-refractivity contribution in [1.82, 2.24) is 0 Å². The Balaban J connectivity index is 1.49. The van der Waals surface area contributed by atoms with E-state index >= 15 is 0 Å². The van der Waals surface area contributed by atoms with Crippen molar-refractivity contribution < 1.29 is 19.2 Å². The number of nitrogens with zero attached hydrogens (tertiary/aromatic N) is 1. The Hall–Kier alpha value is -3.39. The van der Waals surface area contributed by atoms with Crippen LogP contribution < -0.4 is 14.8 Å². The van der Waals surface area contributed by atoms with Crippen LogP contribution in [0.1, 0.15) is 28.4 Å². The molecule has 0 saturated carbocycles. The van der Waals surface area contributed by atoms with Gasteiger partial charge in [0.1, 0.15) is 29.9 Å². The summed E-state index contributed by atoms with van der Waals surface area (Å²) in [5, 5.41) is 14.2. The predicted molar refractivity (Wildman–Crippen MR) is 120 cm³/mol. The molecule has 4 rings (SSSR count). The molecule has 7 nitrogen and oxygen atoms in total. The van der Waals surface area contributed by atoms with E-state index in [1.807, 2.05) is 25.1 Å². The lowest BCUT2D eigenvalue weighted by atomic mass is 10.1. The van der Waals surface area contributed by atoms with Gasteiger partial charge in [0, 0.05) is 10.9 Å². The lowest BCUT2D eigenvalue weighted by Gasteiger charge is -2.10. The molecule has 3 aromatic carbocycles. The summed E-state index contributed by atoms with van der Waals surface area (Å²) >= 11 is 3.31. The summed E-state index contributed by atoms with van der Waals surface area (Å²) in [6, 6.07) is 17.1. The van der Waals surface area contributed by atoms with E-state index in [9.17, 15) is 14.9 Å². The first-order valence-electron chi connectivity index (χ1n) is 9.66. The third-order valence-electron chi connectivity index (χ3n) is 4.90. The summed E-state index contributed by atoms with van der Waals surface area (Å²) in [6.45, 7) is 2.29. The van der Waals surface area contributed by atoms with Crippen molar-refractivity contribution in [3.05, 3.63) is 91.9 Å². The van der Waals surface area contributed by atoms with E-state index in [0.29, 0.717) is 15.8 Å². The second-order valence-electron chi connectivity index (χ2n) is 7.23. The maximum Gasteiger partial charge on any atom is 0.296 e. The van der Waals surface area contributed by atoms with Crippen LogP contribution in [0.15, 0.2) is 65.1 Å². The fraction of sp³-hybridized carbons (Fsp3) is 0.174. The highest BCUT2D eigenvalue weighted by molar-refractivity contribution is 9.10. The first kappa shape index (κ1) is 20.9. The summed E-state index contributed by atoms with van der Waals surface area (Å²) in [5.41, 5.74) is 2.32. The van der Waals surface area contributed by atoms with E-state index in [1.165, 1.54) is 12.1 Å². The molecule has 1 aliphatic rings. The van der Waals surface area contributed by atoms with Gasteiger partial charge in [-0.2, -0.15) is 0 Å². The van der Waals surface area contributed by atoms with Gasteiger partial charge < -0.3 is 14.8 Å². The summed E-state index contributed by atoms with van der Waals surface area (Å²) in [6.07, 6.45) is 1.01. The van der Waals surface area contributed by atoms with Crippen molar-refractivity contribution in [1.29, 1.82) is 0 Å². The Morgan fingerprint density at radius 1 is 1.23 bits per heavy atom. The van der Waals surface area contributed by atoms with Gasteiger partial charge in [0.15, 0.2) is 0 Å². The zero-order valence-corrected chi connectivity index (χ0v) is 18.2. The molecule has 1 N–H and O–H groups in total. The molecule has 0 bridgehead atoms. The number of benzene rings is 3. The van der Waals surface area contributed by atoms with Crippen LogP contribution in [-0.2, 0) is 13.0 Å². The van der Waals surface area contributed by atoms with Crippen molar-refractivity contribution in [3.63, 3.8) is 0 Å². The largest absolute Gasteiger partial charge is 0.490 e. The molecule has 0 aromatic heterocycles. The van der Waals surface area contributed by atoms with Crippen LogP contribution in [0.4, 0.5) is 11.4 Å². The number of carbonyl (C=O) groups excluding carboxylic acids is 1. The number of halogens is 1. The van der Waals surface area contributed by atoms with Gasteiger partial charge in [0.05, 0.1) is 16.6 Å². The zero-order valence-electron chi connectivity index (χ0n) is 16.6. The lowest BCUT2D eigenvalue weighted by molar-refractivity contribution is -0.384. The van der Waals surface area contributed by atoms with Crippen molar-refractivity contribution in [2.24, 2.45) is 0 Å². The highest BCUT2D eigenvalue weighted by atomic mass is 79.9. The van der Waals surface area contributed by atoms with Crippen molar-refractivity contribution in [3.8, 4) is 11.5 Å². The van der Waals surface area contributed by atoms with Gasteiger partial charge in [0.25, 0.3) is 11.6 Å². The average molecular weight is 483 g/mol. The smallest absolute Gasteiger partial charge is 0.296 e. The molecule has 0 radical (unpaired) electrons. The van der Waals surface area contributed by atoms with Gasteiger partial charge in [-0.25, -0.2) is 0 Å². The minimum atomic E-state index is -0.545. The van der Waals surface area contributed by atoms with E-state index < -0.39 is 10.8 Å². The average Bonchev–Trinajstić information content (AvgIpc) is 3.12. The third-order valence-corrected chi connectivity index (χ3v) is 5.59. The van der Waals surface area contributed by atoms with Crippen molar-refractivity contribution >= 4 is 33.2 Å². The number of fused-ring (bicyclic) bond motifs is 1. The number of hydrogen-bond donors (Lipinski definition) is 1. The molecule has 31 heavy (non-hydrogen) atoms. The Morgan fingerprint density at radius 3 is 2.81 bits per heavy atom. The monoisotopic (exact) mass is 482 g/mol. The molecule has 0 fully saturated rings. The molecule has 3 aromatic rings. The zero-order chi connectivity index (χ0) is 22.0. The Morgan fingerprint density at radius 2 is 2.03 bits per heavy atom. The van der Waals surface area contributed by atoms with Gasteiger partial charge in [0.2, 0.25) is 0 Å². The van der Waals surface area contributed by atoms with E-state index in [2.05, 4.69) is 21.2 Å². The molecule has 1 atom stereocenters. The van der Waals surface area contributed by atoms with Crippen molar-refractivity contribution in [2.45, 2.75) is 26.1 Å². The quantitative estimate of drug-likeness (QED) is 0.369. The van der Waals surface area contributed by atoms with Crippen LogP contribution in [-0.4, -0.2) is 16.9 Å². The number of rotatable bonds is 6. The summed E-state index contributed by atoms with van der Waals surface area (Å²) < 4.78 is 12.1. The van der Waals surface area contributed by atoms with Crippen LogP contribution >= 0.6 is 15.9 Å². The van der Waals surface area contributed by atoms with Gasteiger partial charge in [-0.05, 0) is 70.4 Å². The molecule has 1 unspecified atom stereocenters. The number of hydrogen-bond acceptors (Lipinski definition) is 5. The van der Waals surface area contributed by atoms with Gasteiger partial charge >= 0.3 is 0 Å². The maximum atomic E-state index is 12.5. The molecule has 0 aliphatic carbocycles. The molecule has 158 valence electrons. The molecule has 0 spiro atoms. The fourth-order valence-electron chi connectivity index (χ4n) is 3.42. The molecule has 1 amide bonds. The van der Waals surface area contributed by atoms with Crippen LogP contribution in [0.2, 0.25) is 0 Å². The first-order chi connectivity index (χ1) is 14.9. The standard InChI is InChI=1S/C23H19BrN2O5/c1-14-10-16-11-15(6-9-22(16)31-14)13-30-17-7-8-20(21(12-17)26(28)29)25-23(27)18-4-2-3-5-19(18)24/h2-9,11-12,14H,10,13H2,1H3,(H,25,27). The molecule has 0 saturated heterocycles. The Labute approximate surface area is 187 Å². The fourth-order valence-corrected chi connectivity index (χ4v) is 3.89. The van der Waals surface area contributed by atoms with E-state index in [4.69, 9.17) is 9.47 Å². The molecular weight excluding hydrogens is 464 g/mol. The molecule has 1 aliphatic heterocycles. The number of amides is 1. The van der Waals surface area contributed by atoms with E-state index in [1.54, 1.807) is 30.3 Å². The van der Waals surface area contributed by atoms with Crippen LogP contribution in [0.5, 0.6) is 11.5 Å². The maximum absolute atomic E-state index is 12.5. The Kier molecular flexibility index (Phi) is 5.90. The minimum absolute atomic E-state index is 0.0989. The minimum Gasteiger partial charge on any atom is -0.490 e. The van der Waals surface area contributed by atoms with Gasteiger partial charge in [-0.15, -0.1) is 0 Å². The van der Waals surface area contributed by atoms with E-state index in [-0.39, 0.29) is 24.1 Å². The third kappa shape index (κ3) is 4.69. The number of nitro benzene ring substituents is 1. The second-order valence-corrected chi connectivity index (χ2v) is 8.09. The summed E-state index contributed by atoms with van der Waals surface area (Å²) in [4.78, 5) is 23.5. The second kappa shape index (κ2) is 8.77. The lowest BCUT2D eigenvalue weighted by Crippen LogP contribution is -2.13. The topological polar surface area (TPSA) is 90.7 Å². The number of ether oxygens (including phenoxy) is 2. The van der Waals surface area contributed by atoms with Crippen molar-refractivity contribution in [2.75, 3.05) is 5.32 Å². The van der Waals surface area contributed by atoms with Gasteiger partial charge in [-0.1, -0.05) is 18.2 Å².